The standard InChI is InChI=1S/C26H32Br2N2O4/c1-26(2,3)34-25(31)30-9-7-29(8-10-30)24-22-6-5-21(32-4)13-18(22)14-23(24)33-16-17-11-19(27)15-20(28)12-17/h5-6,11-13,15,23-24H,7-10,14,16H2,1-4H3/t23-,24-/m1/s1. The number of amides is 1. The van der Waals surface area contributed by atoms with E-state index in [2.05, 4.69) is 61.0 Å². The lowest BCUT2D eigenvalue weighted by atomic mass is 10.0. The van der Waals surface area contributed by atoms with Crippen molar-refractivity contribution in [3.8, 4) is 5.75 Å². The number of hydrogen-bond donors (Lipinski definition) is 0. The SMILES string of the molecule is COc1ccc2c(c1)C[C@@H](OCc1cc(Br)cc(Br)c1)[C@@H]2N1CCN(C(=O)OC(C)(C)C)CC1. The maximum atomic E-state index is 12.5. The Hall–Kier alpha value is -1.61. The molecule has 34 heavy (non-hydrogen) atoms. The summed E-state index contributed by atoms with van der Waals surface area (Å²) in [4.78, 5) is 16.8. The molecule has 0 spiro atoms. The highest BCUT2D eigenvalue weighted by atomic mass is 79.9. The predicted molar refractivity (Wildman–Crippen MR) is 139 cm³/mol. The Morgan fingerprint density at radius 3 is 2.32 bits per heavy atom. The summed E-state index contributed by atoms with van der Waals surface area (Å²) in [7, 11) is 1.70. The Bertz CT molecular complexity index is 1010. The van der Waals surface area contributed by atoms with Crippen molar-refractivity contribution in [2.75, 3.05) is 33.3 Å². The number of carbonyl (C=O) groups excluding carboxylic acids is 1. The molecule has 2 aromatic rings. The van der Waals surface area contributed by atoms with Gasteiger partial charge in [0, 0.05) is 41.5 Å². The molecule has 4 rings (SSSR count). The van der Waals surface area contributed by atoms with E-state index in [4.69, 9.17) is 14.2 Å². The molecular formula is C26H32Br2N2O4. The van der Waals surface area contributed by atoms with Crippen LogP contribution in [0.25, 0.3) is 0 Å². The van der Waals surface area contributed by atoms with Gasteiger partial charge in [-0.3, -0.25) is 4.90 Å². The molecule has 1 amide bonds. The summed E-state index contributed by atoms with van der Waals surface area (Å²) in [6.45, 7) is 9.06. The highest BCUT2D eigenvalue weighted by Gasteiger charge is 2.39. The minimum atomic E-state index is -0.488. The molecule has 1 heterocycles. The van der Waals surface area contributed by atoms with Crippen LogP contribution in [0.1, 0.15) is 43.5 Å². The van der Waals surface area contributed by atoms with Crippen LogP contribution in [-0.4, -0.2) is 60.9 Å². The van der Waals surface area contributed by atoms with Crippen LogP contribution in [0.5, 0.6) is 5.75 Å². The topological polar surface area (TPSA) is 51.2 Å². The zero-order valence-corrected chi connectivity index (χ0v) is 23.3. The van der Waals surface area contributed by atoms with Gasteiger partial charge in [-0.2, -0.15) is 0 Å². The Kier molecular flexibility index (Phi) is 7.92. The van der Waals surface area contributed by atoms with E-state index >= 15 is 0 Å². The molecule has 0 aromatic heterocycles. The molecule has 1 saturated heterocycles. The third kappa shape index (κ3) is 6.14. The number of hydrogen-bond acceptors (Lipinski definition) is 5. The number of methoxy groups -OCH3 is 1. The third-order valence-electron chi connectivity index (χ3n) is 6.19. The fourth-order valence-electron chi connectivity index (χ4n) is 4.69. The lowest BCUT2D eigenvalue weighted by Crippen LogP contribution is -2.52. The minimum Gasteiger partial charge on any atom is -0.497 e. The van der Waals surface area contributed by atoms with Crippen molar-refractivity contribution in [3.05, 3.63) is 62.0 Å². The number of nitrogens with zero attached hydrogens (tertiary/aromatic N) is 2. The molecule has 1 aliphatic carbocycles. The number of piperazine rings is 1. The summed E-state index contributed by atoms with van der Waals surface area (Å²) in [6, 6.07) is 12.6. The summed E-state index contributed by atoms with van der Waals surface area (Å²) in [5.74, 6) is 0.865. The zero-order valence-electron chi connectivity index (χ0n) is 20.1. The van der Waals surface area contributed by atoms with Crippen LogP contribution in [-0.2, 0) is 22.5 Å². The summed E-state index contributed by atoms with van der Waals surface area (Å²) in [5, 5.41) is 0. The zero-order chi connectivity index (χ0) is 24.5. The fraction of sp³-hybridized carbons (Fsp3) is 0.500. The van der Waals surface area contributed by atoms with Crippen molar-refractivity contribution in [2.45, 2.75) is 51.5 Å². The molecule has 6 nitrogen and oxygen atoms in total. The van der Waals surface area contributed by atoms with E-state index in [1.54, 1.807) is 12.0 Å². The van der Waals surface area contributed by atoms with E-state index in [1.165, 1.54) is 11.1 Å². The van der Waals surface area contributed by atoms with Gasteiger partial charge < -0.3 is 19.1 Å². The number of carbonyl (C=O) groups is 1. The van der Waals surface area contributed by atoms with Crippen LogP contribution in [0.4, 0.5) is 4.79 Å². The van der Waals surface area contributed by atoms with Gasteiger partial charge in [-0.15, -0.1) is 0 Å². The van der Waals surface area contributed by atoms with Gasteiger partial charge in [-0.05, 0) is 67.8 Å². The number of ether oxygens (including phenoxy) is 3. The molecule has 2 aromatic carbocycles. The lowest BCUT2D eigenvalue weighted by Gasteiger charge is -2.40. The van der Waals surface area contributed by atoms with Gasteiger partial charge in [-0.25, -0.2) is 4.79 Å². The Labute approximate surface area is 218 Å². The molecule has 0 saturated carbocycles. The molecule has 1 fully saturated rings. The average Bonchev–Trinajstić information content (AvgIpc) is 3.13. The molecule has 2 atom stereocenters. The molecule has 184 valence electrons. The molecule has 2 aliphatic rings. The normalized spacial score (nSPS) is 20.8. The minimum absolute atomic E-state index is 0.0212. The maximum Gasteiger partial charge on any atom is 0.410 e. The second kappa shape index (κ2) is 10.6. The molecule has 0 bridgehead atoms. The van der Waals surface area contributed by atoms with Crippen molar-refractivity contribution in [2.24, 2.45) is 0 Å². The van der Waals surface area contributed by atoms with Crippen LogP contribution in [0.3, 0.4) is 0 Å². The first-order chi connectivity index (χ1) is 16.1. The predicted octanol–water partition coefficient (Wildman–Crippen LogP) is 5.96. The first-order valence-corrected chi connectivity index (χ1v) is 13.2. The van der Waals surface area contributed by atoms with E-state index in [0.29, 0.717) is 19.7 Å². The quantitative estimate of drug-likeness (QED) is 0.427. The highest BCUT2D eigenvalue weighted by Crippen LogP contribution is 2.40. The van der Waals surface area contributed by atoms with Gasteiger partial charge >= 0.3 is 6.09 Å². The van der Waals surface area contributed by atoms with Crippen molar-refractivity contribution >= 4 is 38.0 Å². The van der Waals surface area contributed by atoms with Crippen LogP contribution >= 0.6 is 31.9 Å². The van der Waals surface area contributed by atoms with Gasteiger partial charge in [-0.1, -0.05) is 37.9 Å². The van der Waals surface area contributed by atoms with Crippen LogP contribution in [0.2, 0.25) is 0 Å². The van der Waals surface area contributed by atoms with Gasteiger partial charge in [0.05, 0.1) is 25.9 Å². The molecular weight excluding hydrogens is 564 g/mol. The summed E-state index contributed by atoms with van der Waals surface area (Å²) >= 11 is 7.13. The van der Waals surface area contributed by atoms with Gasteiger partial charge in [0.15, 0.2) is 0 Å². The Morgan fingerprint density at radius 2 is 1.71 bits per heavy atom. The highest BCUT2D eigenvalue weighted by molar-refractivity contribution is 9.11. The second-order valence-corrected chi connectivity index (χ2v) is 11.7. The molecule has 0 unspecified atom stereocenters. The summed E-state index contributed by atoms with van der Waals surface area (Å²) < 4.78 is 19.6. The number of fused-ring (bicyclic) bond motifs is 1. The second-order valence-electron chi connectivity index (χ2n) is 9.84. The number of benzene rings is 2. The third-order valence-corrected chi connectivity index (χ3v) is 7.10. The van der Waals surface area contributed by atoms with Gasteiger partial charge in [0.1, 0.15) is 11.4 Å². The number of halogens is 2. The van der Waals surface area contributed by atoms with Crippen LogP contribution in [0, 0.1) is 0 Å². The molecule has 0 radical (unpaired) electrons. The monoisotopic (exact) mass is 594 g/mol. The van der Waals surface area contributed by atoms with Gasteiger partial charge in [0.25, 0.3) is 0 Å². The smallest absolute Gasteiger partial charge is 0.410 e. The van der Waals surface area contributed by atoms with Crippen LogP contribution < -0.4 is 4.74 Å². The summed E-state index contributed by atoms with van der Waals surface area (Å²) in [6.07, 6.45) is 0.614. The van der Waals surface area contributed by atoms with E-state index in [0.717, 1.165) is 39.8 Å². The van der Waals surface area contributed by atoms with Crippen LogP contribution in [0.15, 0.2) is 45.3 Å². The van der Waals surface area contributed by atoms with E-state index in [9.17, 15) is 4.79 Å². The molecule has 0 N–H and O–H groups in total. The average molecular weight is 596 g/mol. The largest absolute Gasteiger partial charge is 0.497 e. The van der Waals surface area contributed by atoms with Crippen molar-refractivity contribution in [1.29, 1.82) is 0 Å². The molecule has 8 heteroatoms. The Balaban J connectivity index is 1.49. The Morgan fingerprint density at radius 1 is 1.03 bits per heavy atom. The van der Waals surface area contributed by atoms with E-state index < -0.39 is 5.60 Å². The maximum absolute atomic E-state index is 12.5. The number of rotatable bonds is 5. The van der Waals surface area contributed by atoms with Gasteiger partial charge in [0.2, 0.25) is 0 Å². The summed E-state index contributed by atoms with van der Waals surface area (Å²) in [5.41, 5.74) is 3.17. The first-order valence-electron chi connectivity index (χ1n) is 11.6. The lowest BCUT2D eigenvalue weighted by molar-refractivity contribution is -0.0330. The molecule has 1 aliphatic heterocycles. The van der Waals surface area contributed by atoms with Crippen molar-refractivity contribution in [1.82, 2.24) is 9.80 Å². The van der Waals surface area contributed by atoms with E-state index in [1.807, 2.05) is 32.9 Å². The van der Waals surface area contributed by atoms with E-state index in [-0.39, 0.29) is 18.2 Å². The fourth-order valence-corrected chi connectivity index (χ4v) is 6.08. The van der Waals surface area contributed by atoms with Crippen molar-refractivity contribution in [3.63, 3.8) is 0 Å². The first kappa shape index (κ1) is 25.5. The van der Waals surface area contributed by atoms with Crippen molar-refractivity contribution < 1.29 is 19.0 Å².